The predicted molar refractivity (Wildman–Crippen MR) is 204 cm³/mol. The van der Waals surface area contributed by atoms with Gasteiger partial charge >= 0.3 is 0 Å². The SMILES string of the molecule is c1ccc(C2=NC(c3ccccc3)NC(c3ccc4oc5ccc(-c6ccc7c8ccccc8c8ccccc8c7c6)cc5c4c3)=N2)cc1. The molecule has 1 aliphatic rings. The fourth-order valence-corrected chi connectivity index (χ4v) is 7.31. The van der Waals surface area contributed by atoms with E-state index in [1.165, 1.54) is 37.9 Å². The third-order valence-electron chi connectivity index (χ3n) is 9.71. The van der Waals surface area contributed by atoms with Crippen LogP contribution in [0.5, 0.6) is 0 Å². The maximum absolute atomic E-state index is 6.36. The van der Waals surface area contributed by atoms with Crippen LogP contribution in [0.25, 0.3) is 65.4 Å². The van der Waals surface area contributed by atoms with Crippen LogP contribution < -0.4 is 5.32 Å². The van der Waals surface area contributed by atoms with E-state index >= 15 is 0 Å². The highest BCUT2D eigenvalue weighted by Gasteiger charge is 2.22. The van der Waals surface area contributed by atoms with E-state index in [2.05, 4.69) is 127 Å². The number of nitrogens with zero attached hydrogens (tertiary/aromatic N) is 2. The Kier molecular flexibility index (Phi) is 6.21. The molecule has 49 heavy (non-hydrogen) atoms. The van der Waals surface area contributed by atoms with Crippen molar-refractivity contribution in [2.45, 2.75) is 6.17 Å². The van der Waals surface area contributed by atoms with E-state index in [1.807, 2.05) is 42.5 Å². The molecule has 4 nitrogen and oxygen atoms in total. The molecule has 1 aromatic heterocycles. The number of hydrogen-bond donors (Lipinski definition) is 1. The number of rotatable bonds is 4. The molecule has 1 N–H and O–H groups in total. The van der Waals surface area contributed by atoms with Crippen LogP contribution in [-0.2, 0) is 0 Å². The molecule has 0 aliphatic carbocycles. The summed E-state index contributed by atoms with van der Waals surface area (Å²) < 4.78 is 6.36. The smallest absolute Gasteiger partial charge is 0.159 e. The second-order valence-corrected chi connectivity index (χ2v) is 12.6. The van der Waals surface area contributed by atoms with Gasteiger partial charge in [-0.25, -0.2) is 9.98 Å². The fourth-order valence-electron chi connectivity index (χ4n) is 7.31. The highest BCUT2D eigenvalue weighted by molar-refractivity contribution is 6.26. The van der Waals surface area contributed by atoms with Gasteiger partial charge in [-0.3, -0.25) is 0 Å². The minimum Gasteiger partial charge on any atom is -0.456 e. The summed E-state index contributed by atoms with van der Waals surface area (Å²) in [6, 6.07) is 57.6. The summed E-state index contributed by atoms with van der Waals surface area (Å²) in [4.78, 5) is 10.0. The van der Waals surface area contributed by atoms with E-state index in [0.29, 0.717) is 5.84 Å². The van der Waals surface area contributed by atoms with Gasteiger partial charge in [0.25, 0.3) is 0 Å². The highest BCUT2D eigenvalue weighted by Crippen LogP contribution is 2.39. The standard InChI is InChI=1S/C45H29N3O/c1-3-11-28(12-4-1)43-46-44(29-13-5-2-6-14-29)48-45(47-43)32-21-24-42-40(27-32)39-26-31(20-23-41(39)49-42)30-19-22-37-35-17-8-7-15-33(35)34-16-9-10-18-36(34)38(37)25-30/h1-27,43H,(H,46,47,48). The molecule has 10 rings (SSSR count). The number of hydrogen-bond acceptors (Lipinski definition) is 4. The molecular weight excluding hydrogens is 599 g/mol. The van der Waals surface area contributed by atoms with Crippen molar-refractivity contribution in [2.24, 2.45) is 9.98 Å². The lowest BCUT2D eigenvalue weighted by molar-refractivity contribution is 0.668. The van der Waals surface area contributed by atoms with Crippen LogP contribution in [0.2, 0.25) is 0 Å². The van der Waals surface area contributed by atoms with E-state index in [0.717, 1.165) is 50.0 Å². The summed E-state index contributed by atoms with van der Waals surface area (Å²) in [6.45, 7) is 0. The normalized spacial score (nSPS) is 14.7. The van der Waals surface area contributed by atoms with Crippen LogP contribution in [0.4, 0.5) is 0 Å². The second-order valence-electron chi connectivity index (χ2n) is 12.6. The summed E-state index contributed by atoms with van der Waals surface area (Å²) in [6.07, 6.45) is -0.256. The van der Waals surface area contributed by atoms with Crippen molar-refractivity contribution in [3.8, 4) is 11.1 Å². The second kappa shape index (κ2) is 11.0. The molecular formula is C45H29N3O. The molecule has 0 amide bonds. The number of benzene rings is 8. The number of nitrogens with one attached hydrogen (secondary N) is 1. The Bertz CT molecular complexity index is 2760. The van der Waals surface area contributed by atoms with Crippen LogP contribution >= 0.6 is 0 Å². The lowest BCUT2D eigenvalue weighted by Crippen LogP contribution is -2.33. The van der Waals surface area contributed by atoms with Crippen LogP contribution in [0, 0.1) is 0 Å². The van der Waals surface area contributed by atoms with Crippen molar-refractivity contribution in [3.63, 3.8) is 0 Å². The Morgan fingerprint density at radius 2 is 0.898 bits per heavy atom. The quantitative estimate of drug-likeness (QED) is 0.197. The molecule has 0 spiro atoms. The fraction of sp³-hybridized carbons (Fsp3) is 0.0222. The van der Waals surface area contributed by atoms with Crippen molar-refractivity contribution in [1.29, 1.82) is 0 Å². The van der Waals surface area contributed by atoms with Gasteiger partial charge in [0.15, 0.2) is 5.84 Å². The van der Waals surface area contributed by atoms with Gasteiger partial charge in [-0.05, 0) is 85.4 Å². The lowest BCUT2D eigenvalue weighted by Gasteiger charge is -2.23. The third-order valence-corrected chi connectivity index (χ3v) is 9.71. The molecule has 2 heterocycles. The number of aliphatic imine (C=N–C) groups is 2. The predicted octanol–water partition coefficient (Wildman–Crippen LogP) is 11.2. The van der Waals surface area contributed by atoms with E-state index < -0.39 is 0 Å². The molecule has 1 unspecified atom stereocenters. The molecule has 0 fully saturated rings. The maximum atomic E-state index is 6.36. The van der Waals surface area contributed by atoms with Gasteiger partial charge in [-0.15, -0.1) is 0 Å². The van der Waals surface area contributed by atoms with E-state index in [9.17, 15) is 0 Å². The largest absolute Gasteiger partial charge is 0.456 e. The molecule has 230 valence electrons. The first-order valence-electron chi connectivity index (χ1n) is 16.6. The molecule has 0 bridgehead atoms. The lowest BCUT2D eigenvalue weighted by atomic mass is 9.92. The first-order chi connectivity index (χ1) is 24.3. The van der Waals surface area contributed by atoms with Gasteiger partial charge in [0.05, 0.1) is 0 Å². The Morgan fingerprint density at radius 1 is 0.408 bits per heavy atom. The minimum atomic E-state index is -0.256. The number of amidine groups is 2. The maximum Gasteiger partial charge on any atom is 0.159 e. The van der Waals surface area contributed by atoms with Gasteiger partial charge in [0.1, 0.15) is 23.2 Å². The van der Waals surface area contributed by atoms with E-state index in [-0.39, 0.29) is 6.17 Å². The molecule has 4 heteroatoms. The summed E-state index contributed by atoms with van der Waals surface area (Å²) in [5.74, 6) is 1.49. The summed E-state index contributed by atoms with van der Waals surface area (Å²) in [5.41, 5.74) is 7.08. The monoisotopic (exact) mass is 627 g/mol. The summed E-state index contributed by atoms with van der Waals surface area (Å²) in [7, 11) is 0. The Hall–Kier alpha value is -6.52. The Balaban J connectivity index is 1.10. The van der Waals surface area contributed by atoms with Crippen molar-refractivity contribution in [1.82, 2.24) is 5.32 Å². The molecule has 1 aliphatic heterocycles. The van der Waals surface area contributed by atoms with Gasteiger partial charge in [-0.1, -0.05) is 127 Å². The Morgan fingerprint density at radius 3 is 1.55 bits per heavy atom. The molecule has 0 saturated heterocycles. The summed E-state index contributed by atoms with van der Waals surface area (Å²) >= 11 is 0. The molecule has 9 aromatic rings. The zero-order valence-electron chi connectivity index (χ0n) is 26.5. The van der Waals surface area contributed by atoms with Gasteiger partial charge in [0, 0.05) is 21.9 Å². The first-order valence-corrected chi connectivity index (χ1v) is 16.6. The van der Waals surface area contributed by atoms with E-state index in [1.54, 1.807) is 0 Å². The van der Waals surface area contributed by atoms with Crippen molar-refractivity contribution < 1.29 is 4.42 Å². The third kappa shape index (κ3) is 4.61. The van der Waals surface area contributed by atoms with Gasteiger partial charge < -0.3 is 9.73 Å². The van der Waals surface area contributed by atoms with E-state index in [4.69, 9.17) is 14.4 Å². The number of fused-ring (bicyclic) bond motifs is 9. The van der Waals surface area contributed by atoms with Crippen LogP contribution in [0.3, 0.4) is 0 Å². The van der Waals surface area contributed by atoms with Crippen molar-refractivity contribution in [3.05, 3.63) is 180 Å². The molecule has 8 aromatic carbocycles. The zero-order chi connectivity index (χ0) is 32.3. The minimum absolute atomic E-state index is 0.256. The topological polar surface area (TPSA) is 49.9 Å². The molecule has 0 radical (unpaired) electrons. The van der Waals surface area contributed by atoms with Crippen LogP contribution in [0.1, 0.15) is 22.9 Å². The Labute approximate surface area is 282 Å². The summed E-state index contributed by atoms with van der Waals surface area (Å²) in [5, 5.41) is 13.4. The highest BCUT2D eigenvalue weighted by atomic mass is 16.3. The average Bonchev–Trinajstić information content (AvgIpc) is 3.55. The van der Waals surface area contributed by atoms with Crippen LogP contribution in [0.15, 0.2) is 178 Å². The first kappa shape index (κ1) is 27.6. The molecule has 1 atom stereocenters. The average molecular weight is 628 g/mol. The van der Waals surface area contributed by atoms with Crippen molar-refractivity contribution in [2.75, 3.05) is 0 Å². The number of furan rings is 1. The zero-order valence-corrected chi connectivity index (χ0v) is 26.5. The van der Waals surface area contributed by atoms with Crippen molar-refractivity contribution >= 4 is 65.9 Å². The molecule has 0 saturated carbocycles. The van der Waals surface area contributed by atoms with Crippen LogP contribution in [-0.4, -0.2) is 11.7 Å². The van der Waals surface area contributed by atoms with Gasteiger partial charge in [-0.2, -0.15) is 0 Å². The van der Waals surface area contributed by atoms with Gasteiger partial charge in [0.2, 0.25) is 0 Å².